The largest absolute Gasteiger partial charge is 0.312 e. The summed E-state index contributed by atoms with van der Waals surface area (Å²) in [6, 6.07) is 78.7. The minimum Gasteiger partial charge on any atom is -0.312 e. The van der Waals surface area contributed by atoms with Gasteiger partial charge >= 0.3 is 0 Å². The fourth-order valence-corrected chi connectivity index (χ4v) is 11.0. The van der Waals surface area contributed by atoms with E-state index < -0.39 is 0 Å². The van der Waals surface area contributed by atoms with E-state index in [1.165, 1.54) is 86.9 Å². The summed E-state index contributed by atoms with van der Waals surface area (Å²) in [5, 5.41) is 12.4. The van der Waals surface area contributed by atoms with Crippen molar-refractivity contribution in [3.05, 3.63) is 229 Å². The standard InChI is InChI=1S/C64H43N5/c1-40-34-49-36-48(64-66-62(45-18-6-3-7-19-45)65-63(67-64)46-26-24-43(25-27-46)41-14-4-2-5-15-41)29-32-51(49)58(35-40)69-56-23-13-12-22-53(56)54-38-55-60(39-59(54)69)68(50-31-28-42-16-8-9-20-47(42)37-50)57-33-30-44-17-10-11-21-52(44)61(55)57/h2-34,36-40H,35H2,1H3. The molecule has 1 aliphatic carbocycles. The summed E-state index contributed by atoms with van der Waals surface area (Å²) in [6.45, 7) is 2.33. The molecule has 69 heavy (non-hydrogen) atoms. The number of nitrogens with zero attached hydrogens (tertiary/aromatic N) is 5. The minimum absolute atomic E-state index is 0.287. The second-order valence-electron chi connectivity index (χ2n) is 18.5. The molecule has 0 amide bonds. The number of para-hydroxylation sites is 1. The van der Waals surface area contributed by atoms with Crippen LogP contribution < -0.4 is 10.4 Å². The van der Waals surface area contributed by atoms with Crippen LogP contribution in [-0.4, -0.2) is 24.1 Å². The topological polar surface area (TPSA) is 48.5 Å². The van der Waals surface area contributed by atoms with Crippen LogP contribution in [0.15, 0.2) is 218 Å². The summed E-state index contributed by atoms with van der Waals surface area (Å²) in [5.74, 6) is 2.23. The van der Waals surface area contributed by atoms with E-state index in [1.54, 1.807) is 0 Å². The molecule has 10 aromatic carbocycles. The monoisotopic (exact) mass is 881 g/mol. The van der Waals surface area contributed by atoms with Crippen LogP contribution in [0.5, 0.6) is 0 Å². The van der Waals surface area contributed by atoms with Gasteiger partial charge in [0.1, 0.15) is 0 Å². The third kappa shape index (κ3) is 6.42. The number of hydrogen-bond acceptors (Lipinski definition) is 3. The average molecular weight is 882 g/mol. The molecule has 3 heterocycles. The Morgan fingerprint density at radius 2 is 0.957 bits per heavy atom. The molecule has 0 spiro atoms. The van der Waals surface area contributed by atoms with Gasteiger partial charge in [0.25, 0.3) is 0 Å². The van der Waals surface area contributed by atoms with Gasteiger partial charge in [-0.3, -0.25) is 0 Å². The van der Waals surface area contributed by atoms with E-state index in [0.29, 0.717) is 17.5 Å². The lowest BCUT2D eigenvalue weighted by Gasteiger charge is -2.20. The van der Waals surface area contributed by atoms with Crippen molar-refractivity contribution in [2.75, 3.05) is 0 Å². The summed E-state index contributed by atoms with van der Waals surface area (Å²) in [7, 11) is 0. The first-order valence-electron chi connectivity index (χ1n) is 23.8. The Labute approximate surface area is 398 Å². The Kier molecular flexibility index (Phi) is 8.86. The molecular formula is C64H43N5. The van der Waals surface area contributed by atoms with Crippen molar-refractivity contribution in [2.24, 2.45) is 5.92 Å². The molecule has 0 bridgehead atoms. The molecule has 1 atom stereocenters. The second kappa shape index (κ2) is 15.6. The van der Waals surface area contributed by atoms with Gasteiger partial charge in [-0.1, -0.05) is 189 Å². The van der Waals surface area contributed by atoms with E-state index in [2.05, 4.69) is 216 Å². The maximum Gasteiger partial charge on any atom is 0.164 e. The van der Waals surface area contributed by atoms with Crippen LogP contribution in [0.4, 0.5) is 0 Å². The van der Waals surface area contributed by atoms with Crippen LogP contribution >= 0.6 is 0 Å². The molecule has 0 saturated heterocycles. The molecule has 1 aliphatic rings. The van der Waals surface area contributed by atoms with Crippen molar-refractivity contribution in [2.45, 2.75) is 13.3 Å². The van der Waals surface area contributed by atoms with Crippen LogP contribution in [0, 0.1) is 5.92 Å². The maximum absolute atomic E-state index is 5.19. The van der Waals surface area contributed by atoms with E-state index in [9.17, 15) is 0 Å². The first-order chi connectivity index (χ1) is 34.1. The van der Waals surface area contributed by atoms with Crippen LogP contribution in [-0.2, 0) is 0 Å². The highest BCUT2D eigenvalue weighted by Gasteiger charge is 2.23. The van der Waals surface area contributed by atoms with Gasteiger partial charge in [0.15, 0.2) is 17.5 Å². The second-order valence-corrected chi connectivity index (χ2v) is 18.5. The smallest absolute Gasteiger partial charge is 0.164 e. The molecule has 14 rings (SSSR count). The van der Waals surface area contributed by atoms with E-state index >= 15 is 0 Å². The number of rotatable bonds is 6. The van der Waals surface area contributed by atoms with Gasteiger partial charge in [-0.2, -0.15) is 0 Å². The summed E-state index contributed by atoms with van der Waals surface area (Å²) >= 11 is 0. The van der Waals surface area contributed by atoms with Crippen molar-refractivity contribution in [3.63, 3.8) is 0 Å². The predicted molar refractivity (Wildman–Crippen MR) is 287 cm³/mol. The molecule has 0 radical (unpaired) electrons. The lowest BCUT2D eigenvalue weighted by atomic mass is 9.94. The molecule has 13 aromatic rings. The van der Waals surface area contributed by atoms with Crippen molar-refractivity contribution in [1.82, 2.24) is 24.1 Å². The van der Waals surface area contributed by atoms with Gasteiger partial charge in [0, 0.05) is 54.8 Å². The zero-order valence-electron chi connectivity index (χ0n) is 37.9. The van der Waals surface area contributed by atoms with Gasteiger partial charge in [-0.05, 0) is 92.7 Å². The lowest BCUT2D eigenvalue weighted by molar-refractivity contribution is 0.762. The molecule has 5 heteroatoms. The van der Waals surface area contributed by atoms with E-state index in [1.807, 2.05) is 24.3 Å². The quantitative estimate of drug-likeness (QED) is 0.167. The Hall–Kier alpha value is -8.93. The third-order valence-corrected chi connectivity index (χ3v) is 14.2. The van der Waals surface area contributed by atoms with Crippen LogP contribution in [0.25, 0.3) is 128 Å². The van der Waals surface area contributed by atoms with E-state index in [4.69, 9.17) is 15.0 Å². The molecule has 1 unspecified atom stereocenters. The van der Waals surface area contributed by atoms with E-state index in [0.717, 1.165) is 34.4 Å². The normalized spacial score (nSPS) is 13.8. The van der Waals surface area contributed by atoms with Gasteiger partial charge in [-0.15, -0.1) is 0 Å². The molecule has 5 nitrogen and oxygen atoms in total. The predicted octanol–water partition coefficient (Wildman–Crippen LogP) is 14.5. The number of fused-ring (bicyclic) bond motifs is 10. The minimum atomic E-state index is 0.287. The summed E-state index contributed by atoms with van der Waals surface area (Å²) in [5.41, 5.74) is 12.4. The number of hydrogen-bond donors (Lipinski definition) is 0. The van der Waals surface area contributed by atoms with Crippen molar-refractivity contribution in [3.8, 4) is 51.0 Å². The van der Waals surface area contributed by atoms with Crippen LogP contribution in [0.1, 0.15) is 13.3 Å². The zero-order chi connectivity index (χ0) is 45.6. The fraction of sp³-hybridized carbons (Fsp3) is 0.0469. The first-order valence-corrected chi connectivity index (χ1v) is 23.8. The number of aromatic nitrogens is 5. The van der Waals surface area contributed by atoms with Crippen molar-refractivity contribution in [1.29, 1.82) is 0 Å². The van der Waals surface area contributed by atoms with Gasteiger partial charge in [0.2, 0.25) is 0 Å². The molecule has 0 fully saturated rings. The van der Waals surface area contributed by atoms with Gasteiger partial charge < -0.3 is 9.13 Å². The molecule has 3 aromatic heterocycles. The van der Waals surface area contributed by atoms with Crippen molar-refractivity contribution < 1.29 is 0 Å². The highest BCUT2D eigenvalue weighted by molar-refractivity contribution is 6.25. The SMILES string of the molecule is CC1C=c2cc(-c3nc(-c4ccccc4)nc(-c4ccc(-c5ccccc5)cc4)n3)ccc2=C(n2c3ccccc3c3cc4c5c6ccccc6ccc5n(-c5ccc6ccccc6c5)c4cc32)C1. The lowest BCUT2D eigenvalue weighted by Crippen LogP contribution is -2.33. The van der Waals surface area contributed by atoms with Crippen molar-refractivity contribution >= 4 is 76.9 Å². The van der Waals surface area contributed by atoms with Crippen LogP contribution in [0.2, 0.25) is 0 Å². The highest BCUT2D eigenvalue weighted by atomic mass is 15.0. The summed E-state index contributed by atoms with van der Waals surface area (Å²) in [4.78, 5) is 15.4. The molecular weight excluding hydrogens is 839 g/mol. The molecule has 324 valence electrons. The summed E-state index contributed by atoms with van der Waals surface area (Å²) in [6.07, 6.45) is 3.31. The Balaban J connectivity index is 0.983. The zero-order valence-corrected chi connectivity index (χ0v) is 37.9. The van der Waals surface area contributed by atoms with Gasteiger partial charge in [0.05, 0.1) is 22.1 Å². The fourth-order valence-electron chi connectivity index (χ4n) is 11.0. The molecule has 0 N–H and O–H groups in total. The Morgan fingerprint density at radius 3 is 1.74 bits per heavy atom. The Morgan fingerprint density at radius 1 is 0.377 bits per heavy atom. The maximum atomic E-state index is 5.19. The molecule has 0 aliphatic heterocycles. The average Bonchev–Trinajstić information content (AvgIpc) is 3.92. The van der Waals surface area contributed by atoms with Gasteiger partial charge in [-0.25, -0.2) is 15.0 Å². The Bertz CT molecular complexity index is 4340. The highest BCUT2D eigenvalue weighted by Crippen LogP contribution is 2.42. The first kappa shape index (κ1) is 39.3. The van der Waals surface area contributed by atoms with E-state index in [-0.39, 0.29) is 5.92 Å². The third-order valence-electron chi connectivity index (χ3n) is 14.2. The number of benzene rings is 10. The molecule has 0 saturated carbocycles. The summed E-state index contributed by atoms with van der Waals surface area (Å²) < 4.78 is 5.04. The van der Waals surface area contributed by atoms with Crippen LogP contribution in [0.3, 0.4) is 0 Å².